The molecule has 2 bridgehead atoms. The molecule has 196 valence electrons. The second kappa shape index (κ2) is 11.3. The number of likely N-dealkylation sites (tertiary alicyclic amines) is 1. The van der Waals surface area contributed by atoms with Crippen molar-refractivity contribution >= 4 is 17.5 Å². The fourth-order valence-corrected chi connectivity index (χ4v) is 6.24. The number of amides is 2. The van der Waals surface area contributed by atoms with Crippen molar-refractivity contribution in [3.05, 3.63) is 23.8 Å². The lowest BCUT2D eigenvalue weighted by molar-refractivity contribution is -0.138. The third kappa shape index (κ3) is 6.56. The summed E-state index contributed by atoms with van der Waals surface area (Å²) in [4.78, 5) is 27.7. The van der Waals surface area contributed by atoms with Gasteiger partial charge in [-0.1, -0.05) is 41.0 Å². The number of ether oxygens (including phenoxy) is 3. The summed E-state index contributed by atoms with van der Waals surface area (Å²) in [6, 6.07) is 5.98. The number of hydrogen-bond acceptors (Lipinski definition) is 5. The summed E-state index contributed by atoms with van der Waals surface area (Å²) in [6.07, 6.45) is 3.01. The topological polar surface area (TPSA) is 77.1 Å². The maximum Gasteiger partial charge on any atom is 0.250 e. The van der Waals surface area contributed by atoms with Gasteiger partial charge in [0.15, 0.2) is 0 Å². The minimum absolute atomic E-state index is 0.0118. The number of hydrogen-bond donors (Lipinski definition) is 1. The van der Waals surface area contributed by atoms with Crippen LogP contribution in [0.1, 0.15) is 72.3 Å². The number of anilines is 1. The summed E-state index contributed by atoms with van der Waals surface area (Å²) < 4.78 is 16.6. The predicted molar refractivity (Wildman–Crippen MR) is 138 cm³/mol. The zero-order valence-corrected chi connectivity index (χ0v) is 22.6. The molecule has 0 spiro atoms. The number of nitrogens with zero attached hydrogens (tertiary/aromatic N) is 1. The average Bonchev–Trinajstić information content (AvgIpc) is 3.08. The van der Waals surface area contributed by atoms with Crippen molar-refractivity contribution in [1.82, 2.24) is 4.90 Å². The van der Waals surface area contributed by atoms with Crippen LogP contribution in [0.15, 0.2) is 18.2 Å². The van der Waals surface area contributed by atoms with E-state index in [4.69, 9.17) is 14.2 Å². The maximum absolute atomic E-state index is 13.3. The number of nitrogens with one attached hydrogen (secondary N) is 1. The molecule has 1 saturated heterocycles. The van der Waals surface area contributed by atoms with Crippen LogP contribution < -0.4 is 10.1 Å². The minimum Gasteiger partial charge on any atom is -0.497 e. The Balaban J connectivity index is 1.88. The number of benzene rings is 1. The second-order valence-corrected chi connectivity index (χ2v) is 11.5. The SMILES string of the molecule is CCOCC(=O)Nc1cc(OC)cc(C2C3CC(C)(CN3C(=O)COCC(C)CC)CC2(C)C)c1. The van der Waals surface area contributed by atoms with Gasteiger partial charge in [0, 0.05) is 43.5 Å². The molecule has 4 atom stereocenters. The first-order chi connectivity index (χ1) is 16.5. The molecule has 0 aromatic heterocycles. The highest BCUT2D eigenvalue weighted by Gasteiger charge is 2.56. The first kappa shape index (κ1) is 27.5. The van der Waals surface area contributed by atoms with Gasteiger partial charge >= 0.3 is 0 Å². The smallest absolute Gasteiger partial charge is 0.250 e. The van der Waals surface area contributed by atoms with Gasteiger partial charge in [-0.2, -0.15) is 0 Å². The van der Waals surface area contributed by atoms with Crippen LogP contribution in [0, 0.1) is 16.7 Å². The lowest BCUT2D eigenvalue weighted by Gasteiger charge is -2.47. The normalized spacial score (nSPS) is 25.9. The van der Waals surface area contributed by atoms with E-state index in [9.17, 15) is 9.59 Å². The summed E-state index contributed by atoms with van der Waals surface area (Å²) in [5, 5.41) is 2.94. The summed E-state index contributed by atoms with van der Waals surface area (Å²) >= 11 is 0. The highest BCUT2D eigenvalue weighted by atomic mass is 16.5. The van der Waals surface area contributed by atoms with Gasteiger partial charge in [0.2, 0.25) is 11.8 Å². The highest BCUT2D eigenvalue weighted by Crippen LogP contribution is 2.59. The quantitative estimate of drug-likeness (QED) is 0.482. The molecule has 7 nitrogen and oxygen atoms in total. The van der Waals surface area contributed by atoms with Crippen LogP contribution in [0.3, 0.4) is 0 Å². The Morgan fingerprint density at radius 1 is 1.14 bits per heavy atom. The van der Waals surface area contributed by atoms with Crippen LogP contribution in [0.5, 0.6) is 5.75 Å². The molecule has 2 fully saturated rings. The third-order valence-corrected chi connectivity index (χ3v) is 7.65. The molecule has 1 aromatic carbocycles. The Labute approximate surface area is 210 Å². The van der Waals surface area contributed by atoms with Gasteiger partial charge in [0.25, 0.3) is 0 Å². The number of fused-ring (bicyclic) bond motifs is 2. The van der Waals surface area contributed by atoms with E-state index in [0.29, 0.717) is 30.6 Å². The molecule has 1 heterocycles. The fourth-order valence-electron chi connectivity index (χ4n) is 6.24. The van der Waals surface area contributed by atoms with Crippen molar-refractivity contribution in [2.24, 2.45) is 16.7 Å². The van der Waals surface area contributed by atoms with Gasteiger partial charge in [0.1, 0.15) is 19.0 Å². The Hall–Kier alpha value is -2.12. The van der Waals surface area contributed by atoms with Gasteiger partial charge in [-0.15, -0.1) is 0 Å². The first-order valence-corrected chi connectivity index (χ1v) is 13.0. The average molecular weight is 489 g/mol. The highest BCUT2D eigenvalue weighted by molar-refractivity contribution is 5.92. The number of methoxy groups -OCH3 is 1. The van der Waals surface area contributed by atoms with E-state index in [1.54, 1.807) is 7.11 Å². The standard InChI is InChI=1S/C28H44N2O5/c1-8-19(3)14-35-16-25(32)30-18-28(6)13-23(30)26(27(4,5)17-28)20-10-21(12-22(11-20)33-7)29-24(31)15-34-9-2/h10-12,19,23,26H,8-9,13-18H2,1-7H3,(H,29,31). The molecule has 1 saturated carbocycles. The zero-order valence-electron chi connectivity index (χ0n) is 22.6. The van der Waals surface area contributed by atoms with Crippen LogP contribution in [-0.2, 0) is 19.1 Å². The molecule has 7 heteroatoms. The van der Waals surface area contributed by atoms with Crippen LogP contribution in [-0.4, -0.2) is 62.8 Å². The fraction of sp³-hybridized carbons (Fsp3) is 0.714. The number of carbonyl (C=O) groups excluding carboxylic acids is 2. The monoisotopic (exact) mass is 488 g/mol. The second-order valence-electron chi connectivity index (χ2n) is 11.5. The molecule has 1 aromatic rings. The third-order valence-electron chi connectivity index (χ3n) is 7.65. The Bertz CT molecular complexity index is 901. The van der Waals surface area contributed by atoms with Crippen LogP contribution in [0.4, 0.5) is 5.69 Å². The van der Waals surface area contributed by atoms with Crippen molar-refractivity contribution < 1.29 is 23.8 Å². The lowest BCUT2D eigenvalue weighted by Crippen LogP contribution is -2.45. The number of carbonyl (C=O) groups is 2. The van der Waals surface area contributed by atoms with E-state index >= 15 is 0 Å². The molecule has 1 aliphatic heterocycles. The number of rotatable bonds is 11. The lowest BCUT2D eigenvalue weighted by atomic mass is 9.58. The largest absolute Gasteiger partial charge is 0.497 e. The van der Waals surface area contributed by atoms with Gasteiger partial charge in [0.05, 0.1) is 7.11 Å². The molecule has 3 rings (SSSR count). The van der Waals surface area contributed by atoms with Crippen LogP contribution in [0.25, 0.3) is 0 Å². The Morgan fingerprint density at radius 3 is 2.54 bits per heavy atom. The molecule has 2 amide bonds. The summed E-state index contributed by atoms with van der Waals surface area (Å²) in [5.41, 5.74) is 1.81. The molecular formula is C28H44N2O5. The molecule has 0 radical (unpaired) electrons. The van der Waals surface area contributed by atoms with Gasteiger partial charge in [-0.3, -0.25) is 9.59 Å². The molecule has 2 aliphatic rings. The van der Waals surface area contributed by atoms with E-state index in [2.05, 4.69) is 44.8 Å². The molecule has 4 unspecified atom stereocenters. The van der Waals surface area contributed by atoms with Gasteiger partial charge < -0.3 is 24.4 Å². The molecular weight excluding hydrogens is 444 g/mol. The van der Waals surface area contributed by atoms with Crippen molar-refractivity contribution in [3.63, 3.8) is 0 Å². The Morgan fingerprint density at radius 2 is 1.89 bits per heavy atom. The van der Waals surface area contributed by atoms with E-state index in [1.807, 2.05) is 25.1 Å². The van der Waals surface area contributed by atoms with E-state index < -0.39 is 0 Å². The molecule has 35 heavy (non-hydrogen) atoms. The zero-order chi connectivity index (χ0) is 25.8. The maximum atomic E-state index is 13.3. The van der Waals surface area contributed by atoms with Crippen molar-refractivity contribution in [2.45, 2.75) is 72.8 Å². The van der Waals surface area contributed by atoms with E-state index in [0.717, 1.165) is 31.4 Å². The predicted octanol–water partition coefficient (Wildman–Crippen LogP) is 4.85. The Kier molecular flexibility index (Phi) is 8.86. The first-order valence-electron chi connectivity index (χ1n) is 13.0. The summed E-state index contributed by atoms with van der Waals surface area (Å²) in [7, 11) is 1.63. The molecule has 1 aliphatic carbocycles. The minimum atomic E-state index is -0.197. The van der Waals surface area contributed by atoms with Gasteiger partial charge in [-0.25, -0.2) is 0 Å². The van der Waals surface area contributed by atoms with Crippen molar-refractivity contribution in [2.75, 3.05) is 45.4 Å². The van der Waals surface area contributed by atoms with E-state index in [1.165, 1.54) is 0 Å². The summed E-state index contributed by atoms with van der Waals surface area (Å²) in [5.74, 6) is 1.11. The van der Waals surface area contributed by atoms with Crippen molar-refractivity contribution in [3.8, 4) is 5.75 Å². The van der Waals surface area contributed by atoms with E-state index in [-0.39, 0.29) is 47.8 Å². The van der Waals surface area contributed by atoms with Crippen molar-refractivity contribution in [1.29, 1.82) is 0 Å². The van der Waals surface area contributed by atoms with Crippen LogP contribution >= 0.6 is 0 Å². The van der Waals surface area contributed by atoms with Gasteiger partial charge in [-0.05, 0) is 54.2 Å². The van der Waals surface area contributed by atoms with Crippen LogP contribution in [0.2, 0.25) is 0 Å². The summed E-state index contributed by atoms with van der Waals surface area (Å²) in [6.45, 7) is 15.0. The molecule has 1 N–H and O–H groups in total.